The van der Waals surface area contributed by atoms with Crippen molar-refractivity contribution in [3.63, 3.8) is 0 Å². The lowest BCUT2D eigenvalue weighted by molar-refractivity contribution is -0.150. The van der Waals surface area contributed by atoms with Gasteiger partial charge in [0.05, 0.1) is 17.2 Å². The highest BCUT2D eigenvalue weighted by Crippen LogP contribution is 2.27. The number of esters is 1. The van der Waals surface area contributed by atoms with Gasteiger partial charge in [0.15, 0.2) is 6.61 Å². The number of rotatable bonds is 8. The number of anilines is 1. The number of hydrogen-bond donors (Lipinski definition) is 1. The molecule has 1 aliphatic rings. The van der Waals surface area contributed by atoms with Gasteiger partial charge in [-0.05, 0) is 51.0 Å². The average molecular weight is 447 g/mol. The van der Waals surface area contributed by atoms with Crippen LogP contribution in [0.15, 0.2) is 53.4 Å². The summed E-state index contributed by atoms with van der Waals surface area (Å²) in [6.07, 6.45) is 0.886. The number of nitrogens with one attached hydrogen (secondary N) is 1. The van der Waals surface area contributed by atoms with Gasteiger partial charge in [0.25, 0.3) is 5.91 Å². The van der Waals surface area contributed by atoms with E-state index in [4.69, 9.17) is 9.47 Å². The number of nitrogens with zero attached hydrogens (tertiary/aromatic N) is 1. The Morgan fingerprint density at radius 2 is 1.84 bits per heavy atom. The van der Waals surface area contributed by atoms with Gasteiger partial charge in [0.1, 0.15) is 11.8 Å². The highest BCUT2D eigenvalue weighted by molar-refractivity contribution is 7.89. The second-order valence-electron chi connectivity index (χ2n) is 7.17. The lowest BCUT2D eigenvalue weighted by Gasteiger charge is -2.22. The Morgan fingerprint density at radius 1 is 1.13 bits per heavy atom. The number of carbonyl (C=O) groups excluding carboxylic acids is 2. The fraction of sp³-hybridized carbons (Fsp3) is 0.364. The van der Waals surface area contributed by atoms with Crippen LogP contribution in [0.25, 0.3) is 0 Å². The fourth-order valence-electron chi connectivity index (χ4n) is 3.38. The van der Waals surface area contributed by atoms with E-state index >= 15 is 0 Å². The third-order valence-corrected chi connectivity index (χ3v) is 6.83. The van der Waals surface area contributed by atoms with E-state index in [0.717, 1.165) is 9.87 Å². The molecular weight excluding hydrogens is 420 g/mol. The summed E-state index contributed by atoms with van der Waals surface area (Å²) < 4.78 is 37.7. The molecule has 0 aliphatic carbocycles. The van der Waals surface area contributed by atoms with E-state index in [0.29, 0.717) is 30.9 Å². The number of hydrogen-bond acceptors (Lipinski definition) is 6. The van der Waals surface area contributed by atoms with Crippen molar-refractivity contribution in [2.75, 3.05) is 25.1 Å². The van der Waals surface area contributed by atoms with E-state index in [-0.39, 0.29) is 11.4 Å². The van der Waals surface area contributed by atoms with E-state index in [2.05, 4.69) is 5.32 Å². The molecule has 8 nitrogen and oxygen atoms in total. The van der Waals surface area contributed by atoms with Gasteiger partial charge in [0.2, 0.25) is 10.0 Å². The SMILES string of the molecule is CCOc1ccccc1NC(=O)COC(=O)[C@@H]1CCCN1S(=O)(=O)c1ccc(C)cc1. The minimum absolute atomic E-state index is 0.128. The topological polar surface area (TPSA) is 102 Å². The van der Waals surface area contributed by atoms with Crippen LogP contribution in [0.5, 0.6) is 5.75 Å². The van der Waals surface area contributed by atoms with E-state index < -0.39 is 34.5 Å². The zero-order valence-corrected chi connectivity index (χ0v) is 18.4. The lowest BCUT2D eigenvalue weighted by Crippen LogP contribution is -2.42. The fourth-order valence-corrected chi connectivity index (χ4v) is 5.03. The lowest BCUT2D eigenvalue weighted by atomic mass is 10.2. The van der Waals surface area contributed by atoms with Crippen molar-refractivity contribution in [3.8, 4) is 5.75 Å². The second kappa shape index (κ2) is 9.93. The summed E-state index contributed by atoms with van der Waals surface area (Å²) in [5.74, 6) is -0.760. The quantitative estimate of drug-likeness (QED) is 0.626. The van der Waals surface area contributed by atoms with Crippen LogP contribution in [0.2, 0.25) is 0 Å². The summed E-state index contributed by atoms with van der Waals surface area (Å²) in [5.41, 5.74) is 1.41. The number of para-hydroxylation sites is 2. The second-order valence-corrected chi connectivity index (χ2v) is 9.06. The predicted octanol–water partition coefficient (Wildman–Crippen LogP) is 2.73. The first-order valence-corrected chi connectivity index (χ1v) is 11.5. The zero-order chi connectivity index (χ0) is 22.4. The smallest absolute Gasteiger partial charge is 0.324 e. The molecule has 9 heteroatoms. The van der Waals surface area contributed by atoms with Crippen LogP contribution >= 0.6 is 0 Å². The number of aryl methyl sites for hydroxylation is 1. The monoisotopic (exact) mass is 446 g/mol. The Hall–Kier alpha value is -2.91. The first-order valence-electron chi connectivity index (χ1n) is 10.1. The Kier molecular flexibility index (Phi) is 7.29. The number of amides is 1. The van der Waals surface area contributed by atoms with Crippen molar-refractivity contribution in [1.82, 2.24) is 4.31 Å². The summed E-state index contributed by atoms with van der Waals surface area (Å²) in [7, 11) is -3.83. The van der Waals surface area contributed by atoms with Crippen LogP contribution < -0.4 is 10.1 Å². The summed E-state index contributed by atoms with van der Waals surface area (Å²) in [6.45, 7) is 3.84. The largest absolute Gasteiger partial charge is 0.492 e. The summed E-state index contributed by atoms with van der Waals surface area (Å²) in [6, 6.07) is 12.4. The van der Waals surface area contributed by atoms with E-state index in [1.807, 2.05) is 13.8 Å². The molecule has 0 bridgehead atoms. The molecule has 0 saturated carbocycles. The minimum Gasteiger partial charge on any atom is -0.492 e. The van der Waals surface area contributed by atoms with Gasteiger partial charge in [-0.15, -0.1) is 0 Å². The number of carbonyl (C=O) groups is 2. The summed E-state index contributed by atoms with van der Waals surface area (Å²) in [5, 5.41) is 2.64. The molecule has 0 radical (unpaired) electrons. The highest BCUT2D eigenvalue weighted by Gasteiger charge is 2.40. The molecule has 0 spiro atoms. The van der Waals surface area contributed by atoms with Crippen LogP contribution in [0.4, 0.5) is 5.69 Å². The standard InChI is InChI=1S/C22H26N2O6S/c1-3-29-20-9-5-4-7-18(20)23-21(25)15-30-22(26)19-8-6-14-24(19)31(27,28)17-12-10-16(2)11-13-17/h4-5,7,9-13,19H,3,6,8,14-15H2,1-2H3,(H,23,25)/t19-/m0/s1. The number of sulfonamides is 1. The maximum absolute atomic E-state index is 13.0. The van der Waals surface area contributed by atoms with Gasteiger partial charge >= 0.3 is 5.97 Å². The first-order chi connectivity index (χ1) is 14.8. The highest BCUT2D eigenvalue weighted by atomic mass is 32.2. The summed E-state index contributed by atoms with van der Waals surface area (Å²) in [4.78, 5) is 25.0. The third kappa shape index (κ3) is 5.42. The molecule has 166 valence electrons. The number of benzene rings is 2. The average Bonchev–Trinajstić information content (AvgIpc) is 3.25. The Bertz CT molecular complexity index is 1040. The van der Waals surface area contributed by atoms with Gasteiger partial charge < -0.3 is 14.8 Å². The van der Waals surface area contributed by atoms with Crippen molar-refractivity contribution in [3.05, 3.63) is 54.1 Å². The maximum atomic E-state index is 13.0. The molecule has 0 aromatic heterocycles. The van der Waals surface area contributed by atoms with Crippen LogP contribution in [-0.4, -0.2) is 50.4 Å². The van der Waals surface area contributed by atoms with Gasteiger partial charge in [-0.25, -0.2) is 8.42 Å². The zero-order valence-electron chi connectivity index (χ0n) is 17.5. The van der Waals surface area contributed by atoms with Crippen LogP contribution in [0.3, 0.4) is 0 Å². The van der Waals surface area contributed by atoms with Gasteiger partial charge in [-0.1, -0.05) is 29.8 Å². The minimum atomic E-state index is -3.83. The Morgan fingerprint density at radius 3 is 2.55 bits per heavy atom. The maximum Gasteiger partial charge on any atom is 0.324 e. The van der Waals surface area contributed by atoms with Crippen LogP contribution in [0, 0.1) is 6.92 Å². The molecule has 1 N–H and O–H groups in total. The predicted molar refractivity (Wildman–Crippen MR) is 115 cm³/mol. The Labute approximate surface area is 182 Å². The van der Waals surface area contributed by atoms with Crippen molar-refractivity contribution < 1.29 is 27.5 Å². The molecule has 1 saturated heterocycles. The molecule has 3 rings (SSSR count). The van der Waals surface area contributed by atoms with E-state index in [1.54, 1.807) is 36.4 Å². The normalized spacial score (nSPS) is 16.6. The molecule has 1 heterocycles. The molecule has 0 unspecified atom stereocenters. The molecule has 2 aromatic carbocycles. The number of ether oxygens (including phenoxy) is 2. The van der Waals surface area contributed by atoms with Gasteiger partial charge in [-0.3, -0.25) is 9.59 Å². The van der Waals surface area contributed by atoms with Crippen molar-refractivity contribution in [2.45, 2.75) is 37.6 Å². The first kappa shape index (κ1) is 22.8. The summed E-state index contributed by atoms with van der Waals surface area (Å²) >= 11 is 0. The molecule has 31 heavy (non-hydrogen) atoms. The molecule has 2 aromatic rings. The van der Waals surface area contributed by atoms with Gasteiger partial charge in [0, 0.05) is 6.54 Å². The molecule has 1 amide bonds. The van der Waals surface area contributed by atoms with Crippen LogP contribution in [0.1, 0.15) is 25.3 Å². The van der Waals surface area contributed by atoms with E-state index in [1.165, 1.54) is 12.1 Å². The van der Waals surface area contributed by atoms with E-state index in [9.17, 15) is 18.0 Å². The van der Waals surface area contributed by atoms with Crippen molar-refractivity contribution in [2.24, 2.45) is 0 Å². The third-order valence-electron chi connectivity index (χ3n) is 4.91. The van der Waals surface area contributed by atoms with Crippen molar-refractivity contribution in [1.29, 1.82) is 0 Å². The van der Waals surface area contributed by atoms with Crippen LogP contribution in [-0.2, 0) is 24.3 Å². The molecule has 1 aliphatic heterocycles. The molecule has 1 atom stereocenters. The van der Waals surface area contributed by atoms with Crippen molar-refractivity contribution >= 4 is 27.6 Å². The van der Waals surface area contributed by atoms with Gasteiger partial charge in [-0.2, -0.15) is 4.31 Å². The molecule has 1 fully saturated rings. The molecular formula is C22H26N2O6S. The Balaban J connectivity index is 1.62.